The molecule has 1 aromatic rings. The number of aliphatic carboxylic acids is 1. The summed E-state index contributed by atoms with van der Waals surface area (Å²) in [5.74, 6) is -1.89. The van der Waals surface area contributed by atoms with Crippen LogP contribution in [0.2, 0.25) is 0 Å². The Morgan fingerprint density at radius 3 is 2.40 bits per heavy atom. The highest BCUT2D eigenvalue weighted by Gasteiger charge is 2.36. The number of nitro benzene ring substituents is 1. The zero-order valence-corrected chi connectivity index (χ0v) is 11.3. The average Bonchev–Trinajstić information content (AvgIpc) is 2.36. The van der Waals surface area contributed by atoms with Gasteiger partial charge in [-0.3, -0.25) is 14.9 Å². The number of nitro groups is 1. The number of hydrogen-bond acceptors (Lipinski definition) is 5. The molecule has 0 saturated heterocycles. The zero-order valence-electron chi connectivity index (χ0n) is 11.3. The second kappa shape index (κ2) is 5.16. The molecule has 8 nitrogen and oxygen atoms in total. The van der Waals surface area contributed by atoms with Gasteiger partial charge in [-0.25, -0.2) is 4.79 Å². The summed E-state index contributed by atoms with van der Waals surface area (Å²) in [5, 5.41) is 19.9. The fourth-order valence-corrected chi connectivity index (χ4v) is 1.48. The molecule has 3 N–H and O–H groups in total. The molecule has 0 fully saturated rings. The topological polar surface area (TPSA) is 127 Å². The third-order valence-corrected chi connectivity index (χ3v) is 3.18. The summed E-state index contributed by atoms with van der Waals surface area (Å²) in [7, 11) is 1.30. The van der Waals surface area contributed by atoms with E-state index in [4.69, 9.17) is 10.8 Å². The lowest BCUT2D eigenvalue weighted by molar-refractivity contribution is -0.383. The van der Waals surface area contributed by atoms with E-state index >= 15 is 0 Å². The van der Waals surface area contributed by atoms with E-state index in [1.807, 2.05) is 0 Å². The standard InChI is InChI=1S/C12H15N3O5/c1-12(2,11(17)18)14(3)10(16)7-5-4-6-8(9(7)13)15(19)20/h4-6H,13H2,1-3H3,(H,17,18). The minimum atomic E-state index is -1.46. The number of nitrogens with zero attached hydrogens (tertiary/aromatic N) is 2. The number of carboxylic acids is 1. The monoisotopic (exact) mass is 281 g/mol. The van der Waals surface area contributed by atoms with Crippen molar-refractivity contribution >= 4 is 23.3 Å². The van der Waals surface area contributed by atoms with E-state index in [-0.39, 0.29) is 11.3 Å². The summed E-state index contributed by atoms with van der Waals surface area (Å²) < 4.78 is 0. The summed E-state index contributed by atoms with van der Waals surface area (Å²) in [6.07, 6.45) is 0. The van der Waals surface area contributed by atoms with E-state index < -0.39 is 28.0 Å². The highest BCUT2D eigenvalue weighted by molar-refractivity contribution is 6.02. The van der Waals surface area contributed by atoms with E-state index in [0.29, 0.717) is 0 Å². The molecule has 0 unspecified atom stereocenters. The van der Waals surface area contributed by atoms with Gasteiger partial charge in [0.1, 0.15) is 11.2 Å². The first-order valence-electron chi connectivity index (χ1n) is 5.65. The molecule has 108 valence electrons. The molecule has 0 aromatic heterocycles. The van der Waals surface area contributed by atoms with Gasteiger partial charge < -0.3 is 15.7 Å². The summed E-state index contributed by atoms with van der Waals surface area (Å²) in [6, 6.07) is 3.82. The smallest absolute Gasteiger partial charge is 0.329 e. The van der Waals surface area contributed by atoms with Gasteiger partial charge in [-0.1, -0.05) is 6.07 Å². The summed E-state index contributed by atoms with van der Waals surface area (Å²) >= 11 is 0. The maximum atomic E-state index is 12.3. The lowest BCUT2D eigenvalue weighted by Gasteiger charge is -2.31. The van der Waals surface area contributed by atoms with Crippen LogP contribution in [-0.4, -0.2) is 39.4 Å². The Kier molecular flexibility index (Phi) is 3.97. The van der Waals surface area contributed by atoms with E-state index in [1.54, 1.807) is 0 Å². The molecule has 1 rings (SSSR count). The van der Waals surface area contributed by atoms with Crippen molar-refractivity contribution in [3.8, 4) is 0 Å². The van der Waals surface area contributed by atoms with Gasteiger partial charge in [0.25, 0.3) is 11.6 Å². The number of carbonyl (C=O) groups excluding carboxylic acids is 1. The Morgan fingerprint density at radius 1 is 1.40 bits per heavy atom. The van der Waals surface area contributed by atoms with Gasteiger partial charge >= 0.3 is 5.97 Å². The first-order chi connectivity index (χ1) is 9.10. The average molecular weight is 281 g/mol. The number of carbonyl (C=O) groups is 2. The number of likely N-dealkylation sites (N-methyl/N-ethyl adjacent to an activating group) is 1. The summed E-state index contributed by atoms with van der Waals surface area (Å²) in [6.45, 7) is 2.70. The van der Waals surface area contributed by atoms with E-state index in [1.165, 1.54) is 39.1 Å². The van der Waals surface area contributed by atoms with Crippen molar-refractivity contribution in [1.29, 1.82) is 0 Å². The number of carboxylic acid groups (broad SMARTS) is 1. The first-order valence-corrected chi connectivity index (χ1v) is 5.65. The minimum absolute atomic E-state index is 0.101. The van der Waals surface area contributed by atoms with Crippen LogP contribution in [0.15, 0.2) is 18.2 Å². The second-order valence-corrected chi connectivity index (χ2v) is 4.72. The molecular formula is C12H15N3O5. The van der Waals surface area contributed by atoms with Crippen LogP contribution in [0.4, 0.5) is 11.4 Å². The quantitative estimate of drug-likeness (QED) is 0.483. The predicted octanol–water partition coefficient (Wildman–Crippen LogP) is 1.11. The van der Waals surface area contributed by atoms with Crippen molar-refractivity contribution in [3.63, 3.8) is 0 Å². The molecule has 0 spiro atoms. The molecule has 1 amide bonds. The van der Waals surface area contributed by atoms with Gasteiger partial charge in [-0.15, -0.1) is 0 Å². The van der Waals surface area contributed by atoms with Crippen molar-refractivity contribution in [2.45, 2.75) is 19.4 Å². The fraction of sp³-hybridized carbons (Fsp3) is 0.333. The molecule has 0 atom stereocenters. The van der Waals surface area contributed by atoms with Crippen LogP contribution in [-0.2, 0) is 4.79 Å². The Morgan fingerprint density at radius 2 is 1.95 bits per heavy atom. The largest absolute Gasteiger partial charge is 0.480 e. The molecule has 0 aliphatic heterocycles. The van der Waals surface area contributed by atoms with Crippen molar-refractivity contribution < 1.29 is 19.6 Å². The van der Waals surface area contributed by atoms with E-state index in [0.717, 1.165) is 4.90 Å². The Balaban J connectivity index is 3.26. The zero-order chi connectivity index (χ0) is 15.7. The SMILES string of the molecule is CN(C(=O)c1cccc([N+](=O)[O-])c1N)C(C)(C)C(=O)O. The van der Waals surface area contributed by atoms with Crippen LogP contribution in [0.1, 0.15) is 24.2 Å². The Labute approximate surface area is 114 Å². The molecule has 20 heavy (non-hydrogen) atoms. The number of benzene rings is 1. The maximum Gasteiger partial charge on any atom is 0.329 e. The van der Waals surface area contributed by atoms with Gasteiger partial charge in [0.2, 0.25) is 0 Å². The number of amides is 1. The number of nitrogen functional groups attached to an aromatic ring is 1. The van der Waals surface area contributed by atoms with Crippen molar-refractivity contribution in [2.24, 2.45) is 0 Å². The molecule has 0 radical (unpaired) electrons. The van der Waals surface area contributed by atoms with Gasteiger partial charge in [0.05, 0.1) is 10.5 Å². The van der Waals surface area contributed by atoms with Crippen molar-refractivity contribution in [2.75, 3.05) is 12.8 Å². The molecule has 8 heteroatoms. The summed E-state index contributed by atoms with van der Waals surface area (Å²) in [4.78, 5) is 34.4. The predicted molar refractivity (Wildman–Crippen MR) is 71.3 cm³/mol. The van der Waals surface area contributed by atoms with Crippen molar-refractivity contribution in [1.82, 2.24) is 4.90 Å². The number of para-hydroxylation sites is 1. The highest BCUT2D eigenvalue weighted by atomic mass is 16.6. The Hall–Kier alpha value is -2.64. The number of hydrogen-bond donors (Lipinski definition) is 2. The lowest BCUT2D eigenvalue weighted by atomic mass is 10.0. The third-order valence-electron chi connectivity index (χ3n) is 3.18. The first kappa shape index (κ1) is 15.4. The van der Waals surface area contributed by atoms with Crippen LogP contribution >= 0.6 is 0 Å². The van der Waals surface area contributed by atoms with Crippen LogP contribution in [0.3, 0.4) is 0 Å². The number of nitrogens with two attached hydrogens (primary N) is 1. The minimum Gasteiger partial charge on any atom is -0.480 e. The van der Waals surface area contributed by atoms with Crippen LogP contribution in [0.5, 0.6) is 0 Å². The third kappa shape index (κ3) is 2.53. The van der Waals surface area contributed by atoms with Gasteiger partial charge in [-0.2, -0.15) is 0 Å². The van der Waals surface area contributed by atoms with Gasteiger partial charge in [0.15, 0.2) is 0 Å². The van der Waals surface area contributed by atoms with Crippen molar-refractivity contribution in [3.05, 3.63) is 33.9 Å². The second-order valence-electron chi connectivity index (χ2n) is 4.72. The molecule has 1 aromatic carbocycles. The molecular weight excluding hydrogens is 266 g/mol. The van der Waals surface area contributed by atoms with Gasteiger partial charge in [0, 0.05) is 13.1 Å². The van der Waals surface area contributed by atoms with Crippen LogP contribution in [0.25, 0.3) is 0 Å². The van der Waals surface area contributed by atoms with Crippen LogP contribution in [0, 0.1) is 10.1 Å². The normalized spacial score (nSPS) is 10.9. The Bertz CT molecular complexity index is 582. The molecule has 0 heterocycles. The summed E-state index contributed by atoms with van der Waals surface area (Å²) in [5.41, 5.74) is 3.37. The molecule has 0 aliphatic carbocycles. The van der Waals surface area contributed by atoms with Crippen LogP contribution < -0.4 is 5.73 Å². The van der Waals surface area contributed by atoms with E-state index in [2.05, 4.69) is 0 Å². The van der Waals surface area contributed by atoms with E-state index in [9.17, 15) is 19.7 Å². The maximum absolute atomic E-state index is 12.3. The van der Waals surface area contributed by atoms with Gasteiger partial charge in [-0.05, 0) is 19.9 Å². The lowest BCUT2D eigenvalue weighted by Crippen LogP contribution is -2.50. The molecule has 0 saturated carbocycles. The fourth-order valence-electron chi connectivity index (χ4n) is 1.48. The molecule has 0 aliphatic rings. The number of anilines is 1. The molecule has 0 bridgehead atoms. The number of rotatable bonds is 4. The highest BCUT2D eigenvalue weighted by Crippen LogP contribution is 2.27.